The molecule has 0 spiro atoms. The fraction of sp³-hybridized carbons (Fsp3) is 0.250. The number of rotatable bonds is 4. The van der Waals surface area contributed by atoms with E-state index in [1.165, 1.54) is 6.20 Å². The van der Waals surface area contributed by atoms with Crippen LogP contribution >= 0.6 is 11.3 Å². The van der Waals surface area contributed by atoms with Crippen LogP contribution in [0.4, 0.5) is 5.69 Å². The number of nitrogens with one attached hydrogen (secondary N) is 2. The number of nitrogens with zero attached hydrogens (tertiary/aromatic N) is 2. The number of hydrogen-bond donors (Lipinski definition) is 3. The van der Waals surface area contributed by atoms with Gasteiger partial charge in [-0.1, -0.05) is 0 Å². The summed E-state index contributed by atoms with van der Waals surface area (Å²) in [7, 11) is 0. The molecule has 0 saturated heterocycles. The number of nitrogen functional groups attached to an aromatic ring is 1. The first-order valence-corrected chi connectivity index (χ1v) is 6.57. The molecule has 2 aromatic rings. The molecule has 0 aliphatic carbocycles. The summed E-state index contributed by atoms with van der Waals surface area (Å²) in [5, 5.41) is 3.74. The predicted molar refractivity (Wildman–Crippen MR) is 74.8 cm³/mol. The second-order valence-corrected chi connectivity index (χ2v) is 5.35. The van der Waals surface area contributed by atoms with E-state index < -0.39 is 0 Å². The second kappa shape index (κ2) is 5.77. The summed E-state index contributed by atoms with van der Waals surface area (Å²) < 4.78 is 0. The number of hydrazine groups is 1. The van der Waals surface area contributed by atoms with E-state index in [1.807, 2.05) is 13.8 Å². The van der Waals surface area contributed by atoms with Gasteiger partial charge in [0.25, 0.3) is 5.91 Å². The quantitative estimate of drug-likeness (QED) is 0.583. The number of carbonyl (C=O) groups is 1. The monoisotopic (exact) mass is 277 g/mol. The van der Waals surface area contributed by atoms with Gasteiger partial charge in [0.2, 0.25) is 0 Å². The zero-order valence-electron chi connectivity index (χ0n) is 10.7. The van der Waals surface area contributed by atoms with Crippen LogP contribution in [-0.4, -0.2) is 15.9 Å². The molecule has 2 rings (SSSR count). The van der Waals surface area contributed by atoms with Gasteiger partial charge in [0, 0.05) is 11.1 Å². The standard InChI is InChI=1S/C12H15N5OS/c1-7-5-15-12(19-7)8(2)16-11(18)10-4-3-9(17-13)6-14-10/h3-6,8,17H,13H2,1-2H3,(H,16,18). The van der Waals surface area contributed by atoms with Crippen molar-refractivity contribution in [2.45, 2.75) is 19.9 Å². The molecule has 6 nitrogen and oxygen atoms in total. The van der Waals surface area contributed by atoms with Crippen LogP contribution < -0.4 is 16.6 Å². The van der Waals surface area contributed by atoms with E-state index in [1.54, 1.807) is 29.7 Å². The number of hydrogen-bond acceptors (Lipinski definition) is 6. The fourth-order valence-electron chi connectivity index (χ4n) is 1.52. The lowest BCUT2D eigenvalue weighted by atomic mass is 10.3. The first-order valence-electron chi connectivity index (χ1n) is 5.76. The van der Waals surface area contributed by atoms with Crippen LogP contribution in [0.25, 0.3) is 0 Å². The normalized spacial score (nSPS) is 11.9. The van der Waals surface area contributed by atoms with Gasteiger partial charge in [-0.05, 0) is 26.0 Å². The summed E-state index contributed by atoms with van der Waals surface area (Å²) in [6.45, 7) is 3.88. The van der Waals surface area contributed by atoms with Crippen molar-refractivity contribution >= 4 is 22.9 Å². The molecular weight excluding hydrogens is 262 g/mol. The summed E-state index contributed by atoms with van der Waals surface area (Å²) in [5.41, 5.74) is 3.46. The number of carbonyl (C=O) groups excluding carboxylic acids is 1. The lowest BCUT2D eigenvalue weighted by Crippen LogP contribution is -2.27. The fourth-order valence-corrected chi connectivity index (χ4v) is 2.29. The van der Waals surface area contributed by atoms with Crippen LogP contribution in [0.3, 0.4) is 0 Å². The highest BCUT2D eigenvalue weighted by atomic mass is 32.1. The van der Waals surface area contributed by atoms with Crippen molar-refractivity contribution in [2.75, 3.05) is 5.43 Å². The first kappa shape index (κ1) is 13.4. The van der Waals surface area contributed by atoms with E-state index in [0.717, 1.165) is 9.88 Å². The lowest BCUT2D eigenvalue weighted by molar-refractivity contribution is 0.0935. The number of nitrogens with two attached hydrogens (primary N) is 1. The van der Waals surface area contributed by atoms with Gasteiger partial charge >= 0.3 is 0 Å². The van der Waals surface area contributed by atoms with Crippen LogP contribution in [-0.2, 0) is 0 Å². The van der Waals surface area contributed by atoms with Crippen LogP contribution in [0.15, 0.2) is 24.5 Å². The van der Waals surface area contributed by atoms with Gasteiger partial charge in [-0.25, -0.2) is 9.97 Å². The van der Waals surface area contributed by atoms with Gasteiger partial charge in [0.05, 0.1) is 17.9 Å². The molecule has 1 unspecified atom stereocenters. The number of aromatic nitrogens is 2. The smallest absolute Gasteiger partial charge is 0.270 e. The average Bonchev–Trinajstić information content (AvgIpc) is 2.85. The van der Waals surface area contributed by atoms with Crippen molar-refractivity contribution in [3.05, 3.63) is 40.1 Å². The van der Waals surface area contributed by atoms with Crippen molar-refractivity contribution in [3.8, 4) is 0 Å². The van der Waals surface area contributed by atoms with Crippen LogP contribution in [0.2, 0.25) is 0 Å². The van der Waals surface area contributed by atoms with Gasteiger partial charge in [0.1, 0.15) is 10.7 Å². The Balaban J connectivity index is 2.03. The van der Waals surface area contributed by atoms with Crippen molar-refractivity contribution < 1.29 is 4.79 Å². The minimum Gasteiger partial charge on any atom is -0.342 e. The van der Waals surface area contributed by atoms with Crippen molar-refractivity contribution in [2.24, 2.45) is 5.84 Å². The van der Waals surface area contributed by atoms with Gasteiger partial charge < -0.3 is 10.7 Å². The summed E-state index contributed by atoms with van der Waals surface area (Å²) >= 11 is 1.57. The topological polar surface area (TPSA) is 92.9 Å². The second-order valence-electron chi connectivity index (χ2n) is 4.08. The molecule has 7 heteroatoms. The zero-order chi connectivity index (χ0) is 13.8. The van der Waals surface area contributed by atoms with Crippen LogP contribution in [0, 0.1) is 6.92 Å². The minimum atomic E-state index is -0.232. The SMILES string of the molecule is Cc1cnc(C(C)NC(=O)c2ccc(NN)cn2)s1. The Morgan fingerprint density at radius 2 is 2.16 bits per heavy atom. The highest BCUT2D eigenvalue weighted by molar-refractivity contribution is 7.11. The maximum absolute atomic E-state index is 12.0. The highest BCUT2D eigenvalue weighted by Gasteiger charge is 2.14. The molecule has 4 N–H and O–H groups in total. The number of aryl methyl sites for hydroxylation is 1. The third-order valence-electron chi connectivity index (χ3n) is 2.52. The van der Waals surface area contributed by atoms with E-state index in [9.17, 15) is 4.79 Å². The molecule has 19 heavy (non-hydrogen) atoms. The van der Waals surface area contributed by atoms with Crippen molar-refractivity contribution in [3.63, 3.8) is 0 Å². The van der Waals surface area contributed by atoms with E-state index in [2.05, 4.69) is 20.7 Å². The average molecular weight is 277 g/mol. The maximum Gasteiger partial charge on any atom is 0.270 e. The Morgan fingerprint density at radius 3 is 2.68 bits per heavy atom. The summed E-state index contributed by atoms with van der Waals surface area (Å²) in [5.74, 6) is 5.01. The van der Waals surface area contributed by atoms with E-state index in [0.29, 0.717) is 11.4 Å². The van der Waals surface area contributed by atoms with E-state index >= 15 is 0 Å². The number of amides is 1. The van der Waals surface area contributed by atoms with E-state index in [-0.39, 0.29) is 11.9 Å². The molecule has 100 valence electrons. The predicted octanol–water partition coefficient (Wildman–Crippen LogP) is 1.62. The molecular formula is C12H15N5OS. The third-order valence-corrected chi connectivity index (χ3v) is 3.62. The molecule has 1 atom stereocenters. The molecule has 0 radical (unpaired) electrons. The van der Waals surface area contributed by atoms with Gasteiger partial charge in [0.15, 0.2) is 0 Å². The van der Waals surface area contributed by atoms with Crippen molar-refractivity contribution in [1.82, 2.24) is 15.3 Å². The minimum absolute atomic E-state index is 0.139. The zero-order valence-corrected chi connectivity index (χ0v) is 11.5. The lowest BCUT2D eigenvalue weighted by Gasteiger charge is -2.10. The molecule has 0 aliphatic heterocycles. The Morgan fingerprint density at radius 1 is 1.37 bits per heavy atom. The molecule has 0 aliphatic rings. The molecule has 0 aromatic carbocycles. The van der Waals surface area contributed by atoms with E-state index in [4.69, 9.17) is 5.84 Å². The Kier molecular flexibility index (Phi) is 4.08. The molecule has 2 heterocycles. The first-order chi connectivity index (χ1) is 9.10. The van der Waals surface area contributed by atoms with Crippen molar-refractivity contribution in [1.29, 1.82) is 0 Å². The highest BCUT2D eigenvalue weighted by Crippen LogP contribution is 2.19. The maximum atomic E-state index is 12.0. The Hall–Kier alpha value is -1.99. The molecule has 2 aromatic heterocycles. The van der Waals surface area contributed by atoms with Gasteiger partial charge in [-0.2, -0.15) is 0 Å². The van der Waals surface area contributed by atoms with Crippen LogP contribution in [0.1, 0.15) is 33.3 Å². The summed E-state index contributed by atoms with van der Waals surface area (Å²) in [4.78, 5) is 21.4. The summed E-state index contributed by atoms with van der Waals surface area (Å²) in [6.07, 6.45) is 3.30. The number of thiazole rings is 1. The molecule has 0 saturated carbocycles. The van der Waals surface area contributed by atoms with Gasteiger partial charge in [-0.3, -0.25) is 10.6 Å². The Labute approximate surface area is 115 Å². The third kappa shape index (κ3) is 3.27. The Bertz CT molecular complexity index is 566. The number of pyridine rings is 1. The molecule has 0 bridgehead atoms. The summed E-state index contributed by atoms with van der Waals surface area (Å²) in [6, 6.07) is 3.17. The molecule has 0 fully saturated rings. The number of anilines is 1. The van der Waals surface area contributed by atoms with Gasteiger partial charge in [-0.15, -0.1) is 11.3 Å². The largest absolute Gasteiger partial charge is 0.342 e. The van der Waals surface area contributed by atoms with Crippen LogP contribution in [0.5, 0.6) is 0 Å². The molecule has 1 amide bonds.